The summed E-state index contributed by atoms with van der Waals surface area (Å²) in [5, 5.41) is 9.49. The molecular formula is C14H18BrNO2. The van der Waals surface area contributed by atoms with E-state index in [4.69, 9.17) is 0 Å². The number of benzene rings is 1. The maximum Gasteiger partial charge on any atom is 0.255 e. The average Bonchev–Trinajstić information content (AvgIpc) is 2.38. The van der Waals surface area contributed by atoms with Crippen molar-refractivity contribution >= 4 is 21.8 Å². The van der Waals surface area contributed by atoms with Gasteiger partial charge in [0.25, 0.3) is 5.91 Å². The highest BCUT2D eigenvalue weighted by atomic mass is 79.9. The molecule has 0 spiro atoms. The van der Waals surface area contributed by atoms with Crippen LogP contribution in [0.25, 0.3) is 0 Å². The van der Waals surface area contributed by atoms with Gasteiger partial charge in [0.15, 0.2) is 0 Å². The van der Waals surface area contributed by atoms with Gasteiger partial charge in [-0.3, -0.25) is 4.79 Å². The second-order valence-corrected chi connectivity index (χ2v) is 5.70. The zero-order valence-electron chi connectivity index (χ0n) is 10.5. The molecule has 1 fully saturated rings. The molecule has 1 heterocycles. The lowest BCUT2D eigenvalue weighted by molar-refractivity contribution is 0.0357. The van der Waals surface area contributed by atoms with Gasteiger partial charge in [-0.25, -0.2) is 0 Å². The van der Waals surface area contributed by atoms with E-state index in [0.717, 1.165) is 23.9 Å². The normalized spacial score (nSPS) is 24.1. The fourth-order valence-electron chi connectivity index (χ4n) is 2.57. The molecule has 4 heteroatoms. The summed E-state index contributed by atoms with van der Waals surface area (Å²) in [5.41, 5.74) is 0.671. The fourth-order valence-corrected chi connectivity index (χ4v) is 3.02. The Balaban J connectivity index is 2.25. The minimum absolute atomic E-state index is 0.00748. The quantitative estimate of drug-likeness (QED) is 0.912. The van der Waals surface area contributed by atoms with Gasteiger partial charge in [-0.1, -0.05) is 19.1 Å². The number of carbonyl (C=O) groups is 1. The van der Waals surface area contributed by atoms with Crippen molar-refractivity contribution in [2.75, 3.05) is 13.2 Å². The topological polar surface area (TPSA) is 40.5 Å². The first-order valence-electron chi connectivity index (χ1n) is 6.31. The molecule has 1 aliphatic rings. The summed E-state index contributed by atoms with van der Waals surface area (Å²) in [6.07, 6.45) is 2.08. The molecule has 98 valence electrons. The monoisotopic (exact) mass is 311 g/mol. The molecule has 0 aliphatic carbocycles. The minimum Gasteiger partial charge on any atom is -0.394 e. The zero-order valence-corrected chi connectivity index (χ0v) is 12.1. The molecule has 2 atom stereocenters. The second-order valence-electron chi connectivity index (χ2n) is 4.85. The Hall–Kier alpha value is -0.870. The molecule has 0 bridgehead atoms. The third kappa shape index (κ3) is 2.59. The number of rotatable bonds is 2. The summed E-state index contributed by atoms with van der Waals surface area (Å²) >= 11 is 3.41. The number of hydrogen-bond acceptors (Lipinski definition) is 2. The Morgan fingerprint density at radius 1 is 1.50 bits per heavy atom. The van der Waals surface area contributed by atoms with Crippen LogP contribution in [0.3, 0.4) is 0 Å². The van der Waals surface area contributed by atoms with Crippen LogP contribution in [0.1, 0.15) is 30.1 Å². The first-order chi connectivity index (χ1) is 8.65. The van der Waals surface area contributed by atoms with Crippen molar-refractivity contribution in [3.8, 4) is 0 Å². The van der Waals surface area contributed by atoms with Crippen molar-refractivity contribution < 1.29 is 9.90 Å². The van der Waals surface area contributed by atoms with Gasteiger partial charge in [-0.2, -0.15) is 0 Å². The molecule has 1 amide bonds. The molecule has 1 aromatic rings. The van der Waals surface area contributed by atoms with Crippen molar-refractivity contribution in [2.24, 2.45) is 5.92 Å². The number of carbonyl (C=O) groups excluding carboxylic acids is 1. The first-order valence-corrected chi connectivity index (χ1v) is 7.10. The standard InChI is InChI=1S/C14H18BrNO2/c1-10-5-4-8-16(13(10)9-17)14(18)11-6-2-3-7-12(11)15/h2-3,6-7,10,13,17H,4-5,8-9H2,1H3. The molecule has 1 N–H and O–H groups in total. The van der Waals surface area contributed by atoms with E-state index in [9.17, 15) is 9.90 Å². The molecule has 1 aromatic carbocycles. The molecule has 18 heavy (non-hydrogen) atoms. The summed E-state index contributed by atoms with van der Waals surface area (Å²) in [5.74, 6) is 0.364. The highest BCUT2D eigenvalue weighted by molar-refractivity contribution is 9.10. The lowest BCUT2D eigenvalue weighted by Gasteiger charge is -2.39. The second kappa shape index (κ2) is 5.85. The lowest BCUT2D eigenvalue weighted by Crippen LogP contribution is -2.49. The molecule has 1 aliphatic heterocycles. The molecule has 3 nitrogen and oxygen atoms in total. The van der Waals surface area contributed by atoms with E-state index in [1.165, 1.54) is 0 Å². The number of nitrogens with zero attached hydrogens (tertiary/aromatic N) is 1. The van der Waals surface area contributed by atoms with Crippen LogP contribution in [-0.2, 0) is 0 Å². The third-order valence-corrected chi connectivity index (χ3v) is 4.36. The van der Waals surface area contributed by atoms with E-state index in [1.54, 1.807) is 0 Å². The summed E-state index contributed by atoms with van der Waals surface area (Å²) in [6.45, 7) is 2.87. The number of amides is 1. The van der Waals surface area contributed by atoms with Gasteiger partial charge >= 0.3 is 0 Å². The van der Waals surface area contributed by atoms with Crippen LogP contribution in [0.5, 0.6) is 0 Å². The highest BCUT2D eigenvalue weighted by Gasteiger charge is 2.32. The summed E-state index contributed by atoms with van der Waals surface area (Å²) in [4.78, 5) is 14.3. The smallest absolute Gasteiger partial charge is 0.255 e. The molecule has 2 rings (SSSR count). The van der Waals surface area contributed by atoms with Crippen LogP contribution >= 0.6 is 15.9 Å². The van der Waals surface area contributed by atoms with E-state index in [-0.39, 0.29) is 18.6 Å². The summed E-state index contributed by atoms with van der Waals surface area (Å²) in [7, 11) is 0. The lowest BCUT2D eigenvalue weighted by atomic mass is 9.90. The van der Waals surface area contributed by atoms with E-state index in [1.807, 2.05) is 29.2 Å². The number of hydrogen-bond donors (Lipinski definition) is 1. The van der Waals surface area contributed by atoms with E-state index in [0.29, 0.717) is 11.5 Å². The summed E-state index contributed by atoms with van der Waals surface area (Å²) in [6, 6.07) is 7.38. The third-order valence-electron chi connectivity index (χ3n) is 3.67. The van der Waals surface area contributed by atoms with Crippen molar-refractivity contribution in [1.29, 1.82) is 0 Å². The molecule has 0 aromatic heterocycles. The van der Waals surface area contributed by atoms with Crippen LogP contribution < -0.4 is 0 Å². The SMILES string of the molecule is CC1CCCN(C(=O)c2ccccc2Br)C1CO. The van der Waals surface area contributed by atoms with Gasteiger partial charge in [0.2, 0.25) is 0 Å². The van der Waals surface area contributed by atoms with Gasteiger partial charge in [-0.15, -0.1) is 0 Å². The molecule has 1 saturated heterocycles. The zero-order chi connectivity index (χ0) is 13.1. The number of halogens is 1. The fraction of sp³-hybridized carbons (Fsp3) is 0.500. The Labute approximate surface area is 116 Å². The van der Waals surface area contributed by atoms with E-state index in [2.05, 4.69) is 22.9 Å². The van der Waals surface area contributed by atoms with Gasteiger partial charge in [-0.05, 0) is 46.8 Å². The van der Waals surface area contributed by atoms with Crippen molar-refractivity contribution in [1.82, 2.24) is 4.90 Å². The number of aliphatic hydroxyl groups excluding tert-OH is 1. The van der Waals surface area contributed by atoms with Crippen LogP contribution in [0.2, 0.25) is 0 Å². The predicted octanol–water partition coefficient (Wildman–Crippen LogP) is 2.68. The largest absolute Gasteiger partial charge is 0.394 e. The van der Waals surface area contributed by atoms with Crippen LogP contribution in [0, 0.1) is 5.92 Å². The van der Waals surface area contributed by atoms with Gasteiger partial charge in [0.05, 0.1) is 18.2 Å². The van der Waals surface area contributed by atoms with Gasteiger partial charge in [0, 0.05) is 11.0 Å². The van der Waals surface area contributed by atoms with Crippen LogP contribution in [0.15, 0.2) is 28.7 Å². The Kier molecular flexibility index (Phi) is 4.40. The van der Waals surface area contributed by atoms with Crippen LogP contribution in [0.4, 0.5) is 0 Å². The van der Waals surface area contributed by atoms with Crippen molar-refractivity contribution in [3.05, 3.63) is 34.3 Å². The average molecular weight is 312 g/mol. The minimum atomic E-state index is -0.0571. The summed E-state index contributed by atoms with van der Waals surface area (Å²) < 4.78 is 0.810. The maximum atomic E-state index is 12.5. The number of likely N-dealkylation sites (tertiary alicyclic amines) is 1. The molecular weight excluding hydrogens is 294 g/mol. The molecule has 0 radical (unpaired) electrons. The first kappa shape index (κ1) is 13.6. The molecule has 0 saturated carbocycles. The Morgan fingerprint density at radius 3 is 2.89 bits per heavy atom. The predicted molar refractivity (Wildman–Crippen MR) is 74.5 cm³/mol. The Bertz CT molecular complexity index is 436. The number of piperidine rings is 1. The van der Waals surface area contributed by atoms with E-state index < -0.39 is 0 Å². The van der Waals surface area contributed by atoms with E-state index >= 15 is 0 Å². The van der Waals surface area contributed by atoms with Crippen LogP contribution in [-0.4, -0.2) is 35.1 Å². The van der Waals surface area contributed by atoms with Gasteiger partial charge < -0.3 is 10.0 Å². The Morgan fingerprint density at radius 2 is 2.22 bits per heavy atom. The maximum absolute atomic E-state index is 12.5. The highest BCUT2D eigenvalue weighted by Crippen LogP contribution is 2.26. The van der Waals surface area contributed by atoms with Crippen molar-refractivity contribution in [3.63, 3.8) is 0 Å². The van der Waals surface area contributed by atoms with Gasteiger partial charge in [0.1, 0.15) is 0 Å². The van der Waals surface area contributed by atoms with Crippen molar-refractivity contribution in [2.45, 2.75) is 25.8 Å². The molecule has 2 unspecified atom stereocenters. The number of aliphatic hydroxyl groups is 1.